The Labute approximate surface area is 149 Å². The number of ether oxygens (including phenoxy) is 1. The maximum atomic E-state index is 12.5. The number of aryl methyl sites for hydroxylation is 1. The highest BCUT2D eigenvalue weighted by atomic mass is 35.5. The largest absolute Gasteiger partial charge is 0.481 e. The lowest BCUT2D eigenvalue weighted by Gasteiger charge is -2.21. The number of amides is 1. The monoisotopic (exact) mass is 345 g/mol. The first-order valence-electron chi connectivity index (χ1n) is 8.35. The summed E-state index contributed by atoms with van der Waals surface area (Å²) < 4.78 is 5.78. The predicted molar refractivity (Wildman–Crippen MR) is 98.5 cm³/mol. The van der Waals surface area contributed by atoms with Crippen molar-refractivity contribution < 1.29 is 9.53 Å². The second-order valence-corrected chi connectivity index (χ2v) is 6.23. The van der Waals surface area contributed by atoms with E-state index in [0.29, 0.717) is 17.2 Å². The maximum absolute atomic E-state index is 12.5. The molecule has 0 aliphatic heterocycles. The van der Waals surface area contributed by atoms with Crippen LogP contribution in [0.2, 0.25) is 5.02 Å². The molecule has 0 heterocycles. The van der Waals surface area contributed by atoms with Crippen LogP contribution in [0.1, 0.15) is 44.4 Å². The van der Waals surface area contributed by atoms with Crippen LogP contribution < -0.4 is 10.1 Å². The Bertz CT molecular complexity index is 652. The smallest absolute Gasteiger partial charge is 0.261 e. The van der Waals surface area contributed by atoms with E-state index in [4.69, 9.17) is 16.3 Å². The first kappa shape index (κ1) is 18.3. The van der Waals surface area contributed by atoms with Crippen LogP contribution in [0.3, 0.4) is 0 Å². The molecule has 4 heteroatoms. The minimum atomic E-state index is -0.524. The zero-order valence-electron chi connectivity index (χ0n) is 14.4. The van der Waals surface area contributed by atoms with Crippen molar-refractivity contribution in [2.24, 2.45) is 0 Å². The van der Waals surface area contributed by atoms with Crippen LogP contribution in [0.4, 0.5) is 0 Å². The summed E-state index contributed by atoms with van der Waals surface area (Å²) in [5, 5.41) is 3.67. The quantitative estimate of drug-likeness (QED) is 0.772. The normalized spacial score (nSPS) is 13.2. The van der Waals surface area contributed by atoms with E-state index in [-0.39, 0.29) is 11.9 Å². The molecule has 1 N–H and O–H groups in total. The summed E-state index contributed by atoms with van der Waals surface area (Å²) in [4.78, 5) is 12.5. The van der Waals surface area contributed by atoms with E-state index < -0.39 is 6.10 Å². The Morgan fingerprint density at radius 2 is 1.71 bits per heavy atom. The van der Waals surface area contributed by atoms with E-state index in [1.807, 2.05) is 13.8 Å². The molecule has 2 rings (SSSR count). The van der Waals surface area contributed by atoms with Crippen LogP contribution in [-0.4, -0.2) is 12.0 Å². The zero-order valence-corrected chi connectivity index (χ0v) is 15.1. The van der Waals surface area contributed by atoms with Gasteiger partial charge in [0.2, 0.25) is 0 Å². The van der Waals surface area contributed by atoms with Gasteiger partial charge in [0.05, 0.1) is 6.04 Å². The summed E-state index contributed by atoms with van der Waals surface area (Å²) >= 11 is 5.87. The molecule has 0 aliphatic carbocycles. The maximum Gasteiger partial charge on any atom is 0.261 e. The van der Waals surface area contributed by atoms with Crippen LogP contribution in [0, 0.1) is 0 Å². The van der Waals surface area contributed by atoms with Crippen LogP contribution >= 0.6 is 11.6 Å². The third-order valence-corrected chi connectivity index (χ3v) is 4.25. The predicted octanol–water partition coefficient (Wildman–Crippen LogP) is 4.94. The Kier molecular flexibility index (Phi) is 6.68. The lowest BCUT2D eigenvalue weighted by molar-refractivity contribution is -0.128. The molecule has 2 unspecified atom stereocenters. The van der Waals surface area contributed by atoms with E-state index >= 15 is 0 Å². The van der Waals surface area contributed by atoms with Crippen molar-refractivity contribution in [3.8, 4) is 5.75 Å². The molecule has 2 atom stereocenters. The Morgan fingerprint density at radius 1 is 1.08 bits per heavy atom. The Morgan fingerprint density at radius 3 is 2.25 bits per heavy atom. The zero-order chi connectivity index (χ0) is 17.5. The molecule has 0 fully saturated rings. The van der Waals surface area contributed by atoms with Crippen molar-refractivity contribution in [2.75, 3.05) is 0 Å². The van der Waals surface area contributed by atoms with Crippen molar-refractivity contribution in [1.82, 2.24) is 5.32 Å². The fraction of sp³-hybridized carbons (Fsp3) is 0.350. The van der Waals surface area contributed by atoms with Gasteiger partial charge in [-0.25, -0.2) is 0 Å². The number of carbonyl (C=O) groups excluding carboxylic acids is 1. The number of nitrogens with one attached hydrogen (secondary N) is 1. The first-order valence-corrected chi connectivity index (χ1v) is 8.72. The van der Waals surface area contributed by atoms with Crippen LogP contribution in [0.15, 0.2) is 48.5 Å². The van der Waals surface area contributed by atoms with Crippen molar-refractivity contribution >= 4 is 17.5 Å². The molecule has 0 saturated carbocycles. The van der Waals surface area contributed by atoms with Gasteiger partial charge >= 0.3 is 0 Å². The summed E-state index contributed by atoms with van der Waals surface area (Å²) in [6.45, 7) is 6.04. The van der Waals surface area contributed by atoms with Gasteiger partial charge in [-0.05, 0) is 55.2 Å². The second kappa shape index (κ2) is 8.74. The van der Waals surface area contributed by atoms with Gasteiger partial charge in [-0.1, -0.05) is 49.7 Å². The van der Waals surface area contributed by atoms with Gasteiger partial charge in [-0.15, -0.1) is 0 Å². The fourth-order valence-corrected chi connectivity index (χ4v) is 2.56. The fourth-order valence-electron chi connectivity index (χ4n) is 2.43. The molecule has 0 aromatic heterocycles. The van der Waals surface area contributed by atoms with Gasteiger partial charge in [-0.3, -0.25) is 4.79 Å². The summed E-state index contributed by atoms with van der Waals surface area (Å²) in [6.07, 6.45) is 1.08. The third-order valence-electron chi connectivity index (χ3n) is 4.00. The average molecular weight is 346 g/mol. The van der Waals surface area contributed by atoms with Crippen LogP contribution in [-0.2, 0) is 11.2 Å². The molecular formula is C20H24ClNO2. The second-order valence-electron chi connectivity index (χ2n) is 5.79. The lowest BCUT2D eigenvalue weighted by Crippen LogP contribution is -2.39. The number of hydrogen-bond acceptors (Lipinski definition) is 2. The minimum absolute atomic E-state index is 0.0636. The highest BCUT2D eigenvalue weighted by Gasteiger charge is 2.20. The molecule has 1 amide bonds. The number of carbonyl (C=O) groups is 1. The number of benzene rings is 2. The van der Waals surface area contributed by atoms with E-state index in [0.717, 1.165) is 12.0 Å². The molecular weight excluding hydrogens is 322 g/mol. The van der Waals surface area contributed by atoms with Gasteiger partial charge in [0.1, 0.15) is 5.75 Å². The SMILES string of the molecule is CCc1ccc(C(C)NC(=O)C(CC)Oc2ccc(Cl)cc2)cc1. The Hall–Kier alpha value is -2.00. The van der Waals surface area contributed by atoms with Gasteiger partial charge in [0.25, 0.3) is 5.91 Å². The van der Waals surface area contributed by atoms with Gasteiger partial charge in [0.15, 0.2) is 6.10 Å². The van der Waals surface area contributed by atoms with E-state index in [2.05, 4.69) is 36.5 Å². The molecule has 128 valence electrons. The highest BCUT2D eigenvalue weighted by Crippen LogP contribution is 2.19. The molecule has 0 aliphatic rings. The standard InChI is InChI=1S/C20H24ClNO2/c1-4-15-6-8-16(9-7-15)14(3)22-20(23)19(5-2)24-18-12-10-17(21)11-13-18/h6-14,19H,4-5H2,1-3H3,(H,22,23). The van der Waals surface area contributed by atoms with Crippen molar-refractivity contribution in [2.45, 2.75) is 45.8 Å². The molecule has 24 heavy (non-hydrogen) atoms. The number of halogens is 1. The van der Waals surface area contributed by atoms with Crippen molar-refractivity contribution in [1.29, 1.82) is 0 Å². The lowest BCUT2D eigenvalue weighted by atomic mass is 10.0. The minimum Gasteiger partial charge on any atom is -0.481 e. The number of rotatable bonds is 7. The van der Waals surface area contributed by atoms with Gasteiger partial charge in [0, 0.05) is 5.02 Å². The molecule has 0 spiro atoms. The average Bonchev–Trinajstić information content (AvgIpc) is 2.61. The van der Waals surface area contributed by atoms with Crippen LogP contribution in [0.25, 0.3) is 0 Å². The molecule has 0 bridgehead atoms. The molecule has 0 saturated heterocycles. The topological polar surface area (TPSA) is 38.3 Å². The van der Waals surface area contributed by atoms with Crippen molar-refractivity contribution in [3.63, 3.8) is 0 Å². The van der Waals surface area contributed by atoms with E-state index in [1.54, 1.807) is 24.3 Å². The summed E-state index contributed by atoms with van der Waals surface area (Å²) in [6, 6.07) is 15.3. The van der Waals surface area contributed by atoms with Gasteiger partial charge < -0.3 is 10.1 Å². The summed E-state index contributed by atoms with van der Waals surface area (Å²) in [5.74, 6) is 0.529. The van der Waals surface area contributed by atoms with E-state index in [1.165, 1.54) is 5.56 Å². The van der Waals surface area contributed by atoms with Crippen LogP contribution in [0.5, 0.6) is 5.75 Å². The summed E-state index contributed by atoms with van der Waals surface area (Å²) in [7, 11) is 0. The van der Waals surface area contributed by atoms with Gasteiger partial charge in [-0.2, -0.15) is 0 Å². The molecule has 0 radical (unpaired) electrons. The molecule has 3 nitrogen and oxygen atoms in total. The molecule has 2 aromatic rings. The molecule has 2 aromatic carbocycles. The van der Waals surface area contributed by atoms with Crippen molar-refractivity contribution in [3.05, 3.63) is 64.7 Å². The third kappa shape index (κ3) is 5.00. The Balaban J connectivity index is 1.98. The van der Waals surface area contributed by atoms with E-state index in [9.17, 15) is 4.79 Å². The number of hydrogen-bond donors (Lipinski definition) is 1. The summed E-state index contributed by atoms with van der Waals surface area (Å²) in [5.41, 5.74) is 2.37. The first-order chi connectivity index (χ1) is 11.5. The highest BCUT2D eigenvalue weighted by molar-refractivity contribution is 6.30.